The quantitative estimate of drug-likeness (QED) is 0.171. The molecule has 0 radical (unpaired) electrons. The third-order valence-corrected chi connectivity index (χ3v) is 7.57. The maximum absolute atomic E-state index is 6.10. The van der Waals surface area contributed by atoms with E-state index in [0.717, 1.165) is 91.6 Å². The highest BCUT2D eigenvalue weighted by atomic mass is 15.3. The summed E-state index contributed by atoms with van der Waals surface area (Å²) >= 11 is 0. The fourth-order valence-electron chi connectivity index (χ4n) is 5.76. The maximum atomic E-state index is 6.10. The number of nitrogens with zero attached hydrogens (tertiary/aromatic N) is 5. The van der Waals surface area contributed by atoms with Gasteiger partial charge in [0.15, 0.2) is 0 Å². The van der Waals surface area contributed by atoms with Crippen LogP contribution in [0.2, 0.25) is 0 Å². The molecule has 0 aromatic heterocycles. The van der Waals surface area contributed by atoms with Crippen molar-refractivity contribution in [2.24, 2.45) is 16.9 Å². The molecule has 0 aromatic carbocycles. The number of nitrogens with one attached hydrogen (secondary N) is 1. The summed E-state index contributed by atoms with van der Waals surface area (Å²) in [6.07, 6.45) is 0. The van der Waals surface area contributed by atoms with Crippen molar-refractivity contribution in [3.63, 3.8) is 0 Å². The highest BCUT2D eigenvalue weighted by molar-refractivity contribution is 4.88. The van der Waals surface area contributed by atoms with Gasteiger partial charge in [0.05, 0.1) is 0 Å². The Hall–Kier alpha value is -0.320. The Kier molecular flexibility index (Phi) is 19.6. The third kappa shape index (κ3) is 19.0. The molecule has 0 aliphatic rings. The van der Waals surface area contributed by atoms with Gasteiger partial charge < -0.3 is 21.7 Å². The van der Waals surface area contributed by atoms with Gasteiger partial charge in [-0.05, 0) is 67.3 Å². The Morgan fingerprint density at radius 1 is 0.575 bits per heavy atom. The molecule has 0 atom stereocenters. The normalized spacial score (nSPS) is 13.8. The summed E-state index contributed by atoms with van der Waals surface area (Å²) in [5.74, 6) is 0. The van der Waals surface area contributed by atoms with Crippen molar-refractivity contribution in [3.05, 3.63) is 0 Å². The Bertz CT molecular complexity index is 592. The topological polar surface area (TPSA) is 80.3 Å². The van der Waals surface area contributed by atoms with Gasteiger partial charge in [-0.3, -0.25) is 19.6 Å². The highest BCUT2D eigenvalue weighted by Crippen LogP contribution is 2.24. The van der Waals surface area contributed by atoms with Gasteiger partial charge in [0.2, 0.25) is 0 Å². The van der Waals surface area contributed by atoms with E-state index in [2.05, 4.69) is 113 Å². The third-order valence-electron chi connectivity index (χ3n) is 7.57. The average Bonchev–Trinajstić information content (AvgIpc) is 2.79. The molecule has 0 spiro atoms. The van der Waals surface area contributed by atoms with Crippen molar-refractivity contribution < 1.29 is 0 Å². The van der Waals surface area contributed by atoms with E-state index in [-0.39, 0.29) is 16.5 Å². The lowest BCUT2D eigenvalue weighted by atomic mass is 9.95. The molecule has 40 heavy (non-hydrogen) atoms. The molecule has 0 bridgehead atoms. The van der Waals surface area contributed by atoms with E-state index in [4.69, 9.17) is 11.5 Å². The van der Waals surface area contributed by atoms with Crippen LogP contribution in [-0.2, 0) is 0 Å². The molecule has 0 rings (SSSR count). The zero-order valence-corrected chi connectivity index (χ0v) is 29.3. The fraction of sp³-hybridized carbons (Fsp3) is 1.00. The second-order valence-corrected chi connectivity index (χ2v) is 15.1. The van der Waals surface area contributed by atoms with Crippen molar-refractivity contribution in [1.82, 2.24) is 29.8 Å². The summed E-state index contributed by atoms with van der Waals surface area (Å²) in [7, 11) is 0. The summed E-state index contributed by atoms with van der Waals surface area (Å²) in [5.41, 5.74) is 12.5. The first-order valence-corrected chi connectivity index (χ1v) is 16.2. The lowest BCUT2D eigenvalue weighted by Crippen LogP contribution is -2.55. The van der Waals surface area contributed by atoms with Gasteiger partial charge in [-0.2, -0.15) is 0 Å². The first kappa shape index (κ1) is 39.7. The Morgan fingerprint density at radius 3 is 1.45 bits per heavy atom. The van der Waals surface area contributed by atoms with Crippen molar-refractivity contribution in [2.75, 3.05) is 105 Å². The van der Waals surface area contributed by atoms with Crippen LogP contribution in [0.4, 0.5) is 0 Å². The molecule has 242 valence electrons. The predicted octanol–water partition coefficient (Wildman–Crippen LogP) is 3.07. The van der Waals surface area contributed by atoms with Crippen LogP contribution < -0.4 is 16.8 Å². The molecular weight excluding hydrogens is 496 g/mol. The Labute approximate surface area is 251 Å². The lowest BCUT2D eigenvalue weighted by molar-refractivity contribution is 0.0237. The van der Waals surface area contributed by atoms with Gasteiger partial charge in [0, 0.05) is 115 Å². The van der Waals surface area contributed by atoms with Crippen molar-refractivity contribution in [3.8, 4) is 0 Å². The molecule has 8 heteroatoms. The van der Waals surface area contributed by atoms with Crippen molar-refractivity contribution >= 4 is 0 Å². The molecular formula is C32H74N8. The van der Waals surface area contributed by atoms with Crippen LogP contribution in [0.25, 0.3) is 0 Å². The summed E-state index contributed by atoms with van der Waals surface area (Å²) in [6.45, 7) is 44.0. The highest BCUT2D eigenvalue weighted by Gasteiger charge is 2.31. The van der Waals surface area contributed by atoms with Gasteiger partial charge in [-0.1, -0.05) is 27.7 Å². The van der Waals surface area contributed by atoms with Gasteiger partial charge in [-0.15, -0.1) is 0 Å². The number of likely N-dealkylation sites (N-methyl/N-ethyl adjacent to an activating group) is 1. The minimum Gasteiger partial charge on any atom is -0.329 e. The minimum absolute atomic E-state index is 0.141. The van der Waals surface area contributed by atoms with Gasteiger partial charge in [0.25, 0.3) is 0 Å². The van der Waals surface area contributed by atoms with Gasteiger partial charge in [-0.25, -0.2) is 0 Å². The van der Waals surface area contributed by atoms with Crippen molar-refractivity contribution in [1.29, 1.82) is 0 Å². The van der Waals surface area contributed by atoms with Crippen LogP contribution in [0.1, 0.15) is 83.1 Å². The number of hydrogen-bond donors (Lipinski definition) is 3. The number of hydrogen-bond acceptors (Lipinski definition) is 8. The standard InChI is InChI=1S/C32H74N8/c1-13-35-16-19-37(24-26-39(18-15-34)29(2)3)21-20-36(17-14-33)22-23-38(28-30(4,5)6)25-27-40(31(7,8)9)32(10,11)12/h29,35H,13-28,33-34H2,1-12H3. The zero-order chi connectivity index (χ0) is 31.0. The van der Waals surface area contributed by atoms with Gasteiger partial charge >= 0.3 is 0 Å². The van der Waals surface area contributed by atoms with Gasteiger partial charge in [0.1, 0.15) is 0 Å². The summed E-state index contributed by atoms with van der Waals surface area (Å²) < 4.78 is 0. The summed E-state index contributed by atoms with van der Waals surface area (Å²) in [6, 6.07) is 0.522. The van der Waals surface area contributed by atoms with E-state index in [1.165, 1.54) is 0 Å². The minimum atomic E-state index is 0.141. The Morgan fingerprint density at radius 2 is 1.02 bits per heavy atom. The molecule has 8 nitrogen and oxygen atoms in total. The van der Waals surface area contributed by atoms with E-state index in [9.17, 15) is 0 Å². The maximum Gasteiger partial charge on any atom is 0.0130 e. The van der Waals surface area contributed by atoms with E-state index in [1.807, 2.05) is 0 Å². The molecule has 0 aliphatic carbocycles. The smallest absolute Gasteiger partial charge is 0.0130 e. The number of rotatable bonds is 22. The molecule has 0 aliphatic heterocycles. The summed E-state index contributed by atoms with van der Waals surface area (Å²) in [4.78, 5) is 13.0. The van der Waals surface area contributed by atoms with Crippen LogP contribution in [0.5, 0.6) is 0 Å². The second-order valence-electron chi connectivity index (χ2n) is 15.1. The second kappa shape index (κ2) is 19.8. The fourth-order valence-corrected chi connectivity index (χ4v) is 5.76. The molecule has 0 saturated carbocycles. The lowest BCUT2D eigenvalue weighted by Gasteiger charge is -2.46. The predicted molar refractivity (Wildman–Crippen MR) is 178 cm³/mol. The Balaban J connectivity index is 5.32. The average molecular weight is 571 g/mol. The van der Waals surface area contributed by atoms with Crippen LogP contribution in [-0.4, -0.2) is 146 Å². The van der Waals surface area contributed by atoms with E-state index in [0.29, 0.717) is 19.1 Å². The molecule has 0 heterocycles. The van der Waals surface area contributed by atoms with Crippen LogP contribution in [0.3, 0.4) is 0 Å². The SMILES string of the molecule is CCNCCN(CCN(CCN)CCN(CCN(C(C)(C)C)C(C)(C)C)CC(C)(C)C)CCN(CCN)C(C)C. The first-order chi connectivity index (χ1) is 18.4. The molecule has 0 amide bonds. The first-order valence-electron chi connectivity index (χ1n) is 16.2. The van der Waals surface area contributed by atoms with E-state index >= 15 is 0 Å². The molecule has 0 fully saturated rings. The van der Waals surface area contributed by atoms with Crippen molar-refractivity contribution in [2.45, 2.75) is 100 Å². The van der Waals surface area contributed by atoms with Crippen LogP contribution in [0, 0.1) is 5.41 Å². The molecule has 5 N–H and O–H groups in total. The number of nitrogens with two attached hydrogens (primary N) is 2. The van der Waals surface area contributed by atoms with E-state index in [1.54, 1.807) is 0 Å². The molecule has 0 unspecified atom stereocenters. The van der Waals surface area contributed by atoms with Crippen LogP contribution in [0.15, 0.2) is 0 Å². The van der Waals surface area contributed by atoms with E-state index < -0.39 is 0 Å². The molecule has 0 aromatic rings. The summed E-state index contributed by atoms with van der Waals surface area (Å²) in [5, 5.41) is 3.51. The zero-order valence-electron chi connectivity index (χ0n) is 29.3. The largest absolute Gasteiger partial charge is 0.329 e. The van der Waals surface area contributed by atoms with Crippen LogP contribution >= 0.6 is 0 Å². The monoisotopic (exact) mass is 571 g/mol. The molecule has 0 saturated heterocycles.